The van der Waals surface area contributed by atoms with Gasteiger partial charge in [-0.2, -0.15) is 0 Å². The molecule has 0 saturated carbocycles. The smallest absolute Gasteiger partial charge is 0.122 e. The van der Waals surface area contributed by atoms with Crippen molar-refractivity contribution in [1.29, 1.82) is 0 Å². The van der Waals surface area contributed by atoms with E-state index in [0.717, 1.165) is 37.6 Å². The van der Waals surface area contributed by atoms with Crippen molar-refractivity contribution in [3.05, 3.63) is 23.8 Å². The summed E-state index contributed by atoms with van der Waals surface area (Å²) in [5, 5.41) is 7.02. The van der Waals surface area contributed by atoms with Gasteiger partial charge in [-0.05, 0) is 56.1 Å². The highest BCUT2D eigenvalue weighted by molar-refractivity contribution is 5.40. The summed E-state index contributed by atoms with van der Waals surface area (Å²) in [4.78, 5) is 0. The molecule has 4 nitrogen and oxygen atoms in total. The first-order valence-electron chi connectivity index (χ1n) is 6.98. The Morgan fingerprint density at radius 2 is 2.21 bits per heavy atom. The van der Waals surface area contributed by atoms with Gasteiger partial charge in [-0.25, -0.2) is 0 Å². The van der Waals surface area contributed by atoms with Crippen molar-refractivity contribution in [2.24, 2.45) is 0 Å². The Balaban J connectivity index is 1.86. The molecular formula is C15H24N2O2. The topological polar surface area (TPSA) is 42.5 Å². The summed E-state index contributed by atoms with van der Waals surface area (Å²) in [6, 6.07) is 6.56. The molecule has 0 bridgehead atoms. The van der Waals surface area contributed by atoms with E-state index < -0.39 is 0 Å². The largest absolute Gasteiger partial charge is 0.497 e. The van der Waals surface area contributed by atoms with Gasteiger partial charge in [-0.1, -0.05) is 0 Å². The van der Waals surface area contributed by atoms with Crippen LogP contribution in [0.2, 0.25) is 0 Å². The summed E-state index contributed by atoms with van der Waals surface area (Å²) in [5.41, 5.74) is 1.19. The van der Waals surface area contributed by atoms with Crippen molar-refractivity contribution in [3.63, 3.8) is 0 Å². The summed E-state index contributed by atoms with van der Waals surface area (Å²) in [7, 11) is 3.40. The van der Waals surface area contributed by atoms with Gasteiger partial charge in [0, 0.05) is 12.6 Å². The van der Waals surface area contributed by atoms with Gasteiger partial charge in [0.05, 0.1) is 14.2 Å². The van der Waals surface area contributed by atoms with Gasteiger partial charge in [0.1, 0.15) is 11.5 Å². The van der Waals surface area contributed by atoms with Crippen LogP contribution in [0.15, 0.2) is 18.2 Å². The van der Waals surface area contributed by atoms with Gasteiger partial charge in [-0.3, -0.25) is 0 Å². The van der Waals surface area contributed by atoms with E-state index in [1.54, 1.807) is 14.2 Å². The van der Waals surface area contributed by atoms with Crippen LogP contribution < -0.4 is 20.1 Å². The maximum absolute atomic E-state index is 5.39. The molecule has 0 spiro atoms. The maximum Gasteiger partial charge on any atom is 0.122 e. The second-order valence-corrected chi connectivity index (χ2v) is 4.93. The molecule has 0 aliphatic carbocycles. The van der Waals surface area contributed by atoms with Gasteiger partial charge >= 0.3 is 0 Å². The van der Waals surface area contributed by atoms with E-state index in [1.165, 1.54) is 18.4 Å². The van der Waals surface area contributed by atoms with Crippen molar-refractivity contribution in [2.45, 2.75) is 25.3 Å². The predicted molar refractivity (Wildman–Crippen MR) is 77.1 cm³/mol. The van der Waals surface area contributed by atoms with Crippen LogP contribution in [0.5, 0.6) is 11.5 Å². The van der Waals surface area contributed by atoms with Crippen LogP contribution in [0, 0.1) is 0 Å². The van der Waals surface area contributed by atoms with Crippen LogP contribution in [0.25, 0.3) is 0 Å². The molecule has 1 unspecified atom stereocenters. The average molecular weight is 264 g/mol. The van der Waals surface area contributed by atoms with Crippen molar-refractivity contribution in [3.8, 4) is 11.5 Å². The number of hydrogen-bond donors (Lipinski definition) is 2. The van der Waals surface area contributed by atoms with Gasteiger partial charge in [0.25, 0.3) is 0 Å². The van der Waals surface area contributed by atoms with E-state index in [2.05, 4.69) is 16.7 Å². The SMILES string of the molecule is COc1ccc(OC)c(CCNC2CCCNC2)c1. The lowest BCUT2D eigenvalue weighted by atomic mass is 10.1. The summed E-state index contributed by atoms with van der Waals surface area (Å²) >= 11 is 0. The lowest BCUT2D eigenvalue weighted by Crippen LogP contribution is -2.43. The molecule has 106 valence electrons. The van der Waals surface area contributed by atoms with Crippen LogP contribution in [-0.2, 0) is 6.42 Å². The Labute approximate surface area is 115 Å². The minimum absolute atomic E-state index is 0.602. The molecule has 1 heterocycles. The molecule has 1 fully saturated rings. The molecule has 1 atom stereocenters. The van der Waals surface area contributed by atoms with Crippen LogP contribution in [0.3, 0.4) is 0 Å². The third-order valence-corrected chi connectivity index (χ3v) is 3.61. The molecule has 0 aromatic heterocycles. The van der Waals surface area contributed by atoms with Crippen LogP contribution in [0.1, 0.15) is 18.4 Å². The number of ether oxygens (including phenoxy) is 2. The summed E-state index contributed by atoms with van der Waals surface area (Å²) < 4.78 is 10.7. The Hall–Kier alpha value is -1.26. The number of rotatable bonds is 6. The second kappa shape index (κ2) is 7.36. The van der Waals surface area contributed by atoms with Crippen molar-refractivity contribution >= 4 is 0 Å². The van der Waals surface area contributed by atoms with E-state index >= 15 is 0 Å². The summed E-state index contributed by atoms with van der Waals surface area (Å²) in [5.74, 6) is 1.82. The lowest BCUT2D eigenvalue weighted by Gasteiger charge is -2.24. The van der Waals surface area contributed by atoms with Gasteiger partial charge in [0.2, 0.25) is 0 Å². The van der Waals surface area contributed by atoms with Crippen molar-refractivity contribution in [1.82, 2.24) is 10.6 Å². The van der Waals surface area contributed by atoms with Crippen LogP contribution in [-0.4, -0.2) is 39.9 Å². The minimum Gasteiger partial charge on any atom is -0.497 e. The molecule has 2 rings (SSSR count). The molecular weight excluding hydrogens is 240 g/mol. The number of benzene rings is 1. The van der Waals surface area contributed by atoms with Crippen LogP contribution in [0.4, 0.5) is 0 Å². The summed E-state index contributed by atoms with van der Waals surface area (Å²) in [6.07, 6.45) is 3.49. The van der Waals surface area contributed by atoms with Crippen LogP contribution >= 0.6 is 0 Å². The molecule has 1 saturated heterocycles. The number of piperidine rings is 1. The fourth-order valence-corrected chi connectivity index (χ4v) is 2.51. The highest BCUT2D eigenvalue weighted by atomic mass is 16.5. The molecule has 1 aliphatic rings. The Kier molecular flexibility index (Phi) is 5.48. The molecule has 19 heavy (non-hydrogen) atoms. The van der Waals surface area contributed by atoms with E-state index in [9.17, 15) is 0 Å². The van der Waals surface area contributed by atoms with Crippen molar-refractivity contribution < 1.29 is 9.47 Å². The fraction of sp³-hybridized carbons (Fsp3) is 0.600. The quantitative estimate of drug-likeness (QED) is 0.819. The Morgan fingerprint density at radius 3 is 2.89 bits per heavy atom. The third-order valence-electron chi connectivity index (χ3n) is 3.61. The average Bonchev–Trinajstić information content (AvgIpc) is 2.48. The van der Waals surface area contributed by atoms with E-state index in [4.69, 9.17) is 9.47 Å². The van der Waals surface area contributed by atoms with Crippen molar-refractivity contribution in [2.75, 3.05) is 33.9 Å². The fourth-order valence-electron chi connectivity index (χ4n) is 2.51. The molecule has 0 amide bonds. The first-order chi connectivity index (χ1) is 9.33. The monoisotopic (exact) mass is 264 g/mol. The van der Waals surface area contributed by atoms with E-state index in [-0.39, 0.29) is 0 Å². The molecule has 1 aromatic rings. The van der Waals surface area contributed by atoms with Gasteiger partial charge < -0.3 is 20.1 Å². The zero-order valence-electron chi connectivity index (χ0n) is 11.9. The first-order valence-corrected chi connectivity index (χ1v) is 6.98. The zero-order valence-corrected chi connectivity index (χ0v) is 11.9. The minimum atomic E-state index is 0.602. The number of hydrogen-bond acceptors (Lipinski definition) is 4. The zero-order chi connectivity index (χ0) is 13.5. The third kappa shape index (κ3) is 4.11. The highest BCUT2D eigenvalue weighted by Gasteiger charge is 2.12. The highest BCUT2D eigenvalue weighted by Crippen LogP contribution is 2.24. The Bertz CT molecular complexity index is 390. The normalized spacial score (nSPS) is 19.2. The standard InChI is InChI=1S/C15H24N2O2/c1-18-14-5-6-15(19-2)12(10-14)7-9-17-13-4-3-8-16-11-13/h5-6,10,13,16-17H,3-4,7-9,11H2,1-2H3. The lowest BCUT2D eigenvalue weighted by molar-refractivity contribution is 0.385. The van der Waals surface area contributed by atoms with Gasteiger partial charge in [-0.15, -0.1) is 0 Å². The molecule has 2 N–H and O–H groups in total. The predicted octanol–water partition coefficient (Wildman–Crippen LogP) is 1.59. The summed E-state index contributed by atoms with van der Waals surface area (Å²) in [6.45, 7) is 3.20. The second-order valence-electron chi connectivity index (χ2n) is 4.93. The molecule has 4 heteroatoms. The first kappa shape index (κ1) is 14.2. The van der Waals surface area contributed by atoms with E-state index in [1.807, 2.05) is 12.1 Å². The molecule has 1 aromatic carbocycles. The van der Waals surface area contributed by atoms with E-state index in [0.29, 0.717) is 6.04 Å². The number of nitrogens with one attached hydrogen (secondary N) is 2. The maximum atomic E-state index is 5.39. The molecule has 0 radical (unpaired) electrons. The van der Waals surface area contributed by atoms with Gasteiger partial charge in [0.15, 0.2) is 0 Å². The Morgan fingerprint density at radius 1 is 1.32 bits per heavy atom. The number of methoxy groups -OCH3 is 2. The molecule has 1 aliphatic heterocycles.